The van der Waals surface area contributed by atoms with Crippen molar-refractivity contribution < 1.29 is 9.72 Å². The molecule has 0 aliphatic heterocycles. The van der Waals surface area contributed by atoms with Crippen molar-refractivity contribution in [3.05, 3.63) is 10.1 Å². The fourth-order valence-electron chi connectivity index (χ4n) is 1.36. The highest BCUT2D eigenvalue weighted by atomic mass is 16.6. The maximum Gasteiger partial charge on any atom is 0.270 e. The summed E-state index contributed by atoms with van der Waals surface area (Å²) in [5.41, 5.74) is 0. The van der Waals surface area contributed by atoms with Crippen molar-refractivity contribution in [3.8, 4) is 0 Å². The van der Waals surface area contributed by atoms with E-state index in [-0.39, 0.29) is 11.9 Å². The fraction of sp³-hybridized carbons (Fsp3) is 0.857. The van der Waals surface area contributed by atoms with Gasteiger partial charge in [0, 0.05) is 17.8 Å². The van der Waals surface area contributed by atoms with Crippen LogP contribution >= 0.6 is 0 Å². The lowest BCUT2D eigenvalue weighted by atomic mass is 10.1. The molecule has 5 nitrogen and oxygen atoms in total. The molecular weight excluding hydrogens is 160 g/mol. The maximum atomic E-state index is 11.0. The van der Waals surface area contributed by atoms with Crippen molar-refractivity contribution in [2.45, 2.75) is 38.1 Å². The molecule has 5 heteroatoms. The average Bonchev–Trinajstić information content (AvgIpc) is 2.13. The van der Waals surface area contributed by atoms with E-state index in [9.17, 15) is 14.9 Å². The summed E-state index contributed by atoms with van der Waals surface area (Å²) in [7, 11) is 0. The van der Waals surface area contributed by atoms with Crippen LogP contribution in [0.25, 0.3) is 0 Å². The smallest absolute Gasteiger partial charge is 0.270 e. The third-order valence-corrected chi connectivity index (χ3v) is 2.03. The summed E-state index contributed by atoms with van der Waals surface area (Å²) in [4.78, 5) is 20.9. The van der Waals surface area contributed by atoms with Crippen molar-refractivity contribution in [2.24, 2.45) is 0 Å². The molecule has 0 aromatic heterocycles. The normalized spacial score (nSPS) is 24.0. The first-order valence-electron chi connectivity index (χ1n) is 3.88. The minimum Gasteiger partial charge on any atom is -0.344 e. The van der Waals surface area contributed by atoms with Crippen LogP contribution in [0, 0.1) is 10.1 Å². The molecule has 1 saturated carbocycles. The maximum absolute atomic E-state index is 11.0. The zero-order valence-electron chi connectivity index (χ0n) is 6.99. The van der Waals surface area contributed by atoms with Gasteiger partial charge in [-0.15, -0.1) is 0 Å². The standard InChI is InChI=1S/C7H11NO3.H3N/c9-7-5-3-1-2-4-6(7)8(10)11;/h6H,1-5H2;1H3. The Morgan fingerprint density at radius 2 is 2.00 bits per heavy atom. The van der Waals surface area contributed by atoms with Crippen LogP contribution in [0.2, 0.25) is 0 Å². The molecule has 1 atom stereocenters. The molecule has 0 radical (unpaired) electrons. The molecule has 0 saturated heterocycles. The van der Waals surface area contributed by atoms with Gasteiger partial charge in [0.2, 0.25) is 5.78 Å². The third kappa shape index (κ3) is 2.58. The first-order chi connectivity index (χ1) is 5.22. The van der Waals surface area contributed by atoms with E-state index in [2.05, 4.69) is 0 Å². The second kappa shape index (κ2) is 4.82. The molecule has 70 valence electrons. The van der Waals surface area contributed by atoms with Crippen LogP contribution in [0.5, 0.6) is 0 Å². The molecule has 1 unspecified atom stereocenters. The summed E-state index contributed by atoms with van der Waals surface area (Å²) >= 11 is 0. The van der Waals surface area contributed by atoms with Crippen LogP contribution in [-0.4, -0.2) is 16.7 Å². The Bertz CT molecular complexity index is 181. The van der Waals surface area contributed by atoms with Gasteiger partial charge in [-0.1, -0.05) is 6.42 Å². The van der Waals surface area contributed by atoms with E-state index in [0.29, 0.717) is 12.8 Å². The lowest BCUT2D eigenvalue weighted by Crippen LogP contribution is -2.27. The van der Waals surface area contributed by atoms with E-state index >= 15 is 0 Å². The highest BCUT2D eigenvalue weighted by molar-refractivity contribution is 5.82. The molecule has 0 aromatic carbocycles. The number of rotatable bonds is 1. The molecule has 0 bridgehead atoms. The fourth-order valence-corrected chi connectivity index (χ4v) is 1.36. The minimum absolute atomic E-state index is 0. The first kappa shape index (κ1) is 11.0. The van der Waals surface area contributed by atoms with E-state index < -0.39 is 11.0 Å². The Morgan fingerprint density at radius 1 is 1.33 bits per heavy atom. The monoisotopic (exact) mass is 174 g/mol. The minimum atomic E-state index is -0.905. The number of carbonyl (C=O) groups is 1. The van der Waals surface area contributed by atoms with Gasteiger partial charge in [-0.05, 0) is 12.8 Å². The third-order valence-electron chi connectivity index (χ3n) is 2.03. The average molecular weight is 174 g/mol. The predicted octanol–water partition coefficient (Wildman–Crippen LogP) is 1.33. The second-order valence-electron chi connectivity index (χ2n) is 2.87. The topological polar surface area (TPSA) is 95.2 Å². The van der Waals surface area contributed by atoms with Crippen LogP contribution < -0.4 is 6.15 Å². The largest absolute Gasteiger partial charge is 0.344 e. The summed E-state index contributed by atoms with van der Waals surface area (Å²) in [5, 5.41) is 10.3. The molecule has 1 rings (SSSR count). The summed E-state index contributed by atoms with van der Waals surface area (Å²) in [5.74, 6) is -0.187. The van der Waals surface area contributed by atoms with E-state index in [1.807, 2.05) is 0 Å². The van der Waals surface area contributed by atoms with Gasteiger partial charge in [-0.25, -0.2) is 0 Å². The molecule has 0 amide bonds. The van der Waals surface area contributed by atoms with Gasteiger partial charge in [0.25, 0.3) is 6.04 Å². The number of hydrogen-bond acceptors (Lipinski definition) is 4. The lowest BCUT2D eigenvalue weighted by molar-refractivity contribution is -0.508. The van der Waals surface area contributed by atoms with Crippen molar-refractivity contribution >= 4 is 5.78 Å². The molecule has 12 heavy (non-hydrogen) atoms. The van der Waals surface area contributed by atoms with E-state index in [0.717, 1.165) is 19.3 Å². The van der Waals surface area contributed by atoms with Gasteiger partial charge < -0.3 is 6.15 Å². The summed E-state index contributed by atoms with van der Waals surface area (Å²) in [6, 6.07) is -0.905. The second-order valence-corrected chi connectivity index (χ2v) is 2.87. The molecule has 0 heterocycles. The van der Waals surface area contributed by atoms with Crippen LogP contribution in [0.4, 0.5) is 0 Å². The number of nitro groups is 1. The highest BCUT2D eigenvalue weighted by Crippen LogP contribution is 2.16. The number of hydrogen-bond donors (Lipinski definition) is 1. The Balaban J connectivity index is 0.00000121. The SMILES string of the molecule is N.O=C1CCCCCC1[N+](=O)[O-]. The molecular formula is C7H14N2O3. The van der Waals surface area contributed by atoms with E-state index in [4.69, 9.17) is 0 Å². The zero-order chi connectivity index (χ0) is 8.27. The Labute approximate surface area is 70.9 Å². The van der Waals surface area contributed by atoms with Gasteiger partial charge in [0.15, 0.2) is 0 Å². The summed E-state index contributed by atoms with van der Waals surface area (Å²) in [6.45, 7) is 0. The van der Waals surface area contributed by atoms with Crippen LogP contribution in [0.3, 0.4) is 0 Å². The van der Waals surface area contributed by atoms with Crippen LogP contribution in [-0.2, 0) is 4.79 Å². The van der Waals surface area contributed by atoms with Gasteiger partial charge in [-0.2, -0.15) is 0 Å². The number of Topliss-reactive ketones (excluding diaryl/α,β-unsaturated/α-hetero) is 1. The number of nitrogens with zero attached hydrogens (tertiary/aromatic N) is 1. The molecule has 1 fully saturated rings. The van der Waals surface area contributed by atoms with E-state index in [1.54, 1.807) is 0 Å². The summed E-state index contributed by atoms with van der Waals surface area (Å²) in [6.07, 6.45) is 3.42. The molecule has 0 aromatic rings. The summed E-state index contributed by atoms with van der Waals surface area (Å²) < 4.78 is 0. The van der Waals surface area contributed by atoms with Crippen molar-refractivity contribution in [1.82, 2.24) is 6.15 Å². The first-order valence-corrected chi connectivity index (χ1v) is 3.88. The Kier molecular flexibility index (Phi) is 4.43. The lowest BCUT2D eigenvalue weighted by Gasteiger charge is -2.02. The van der Waals surface area contributed by atoms with Gasteiger partial charge >= 0.3 is 0 Å². The van der Waals surface area contributed by atoms with Crippen molar-refractivity contribution in [3.63, 3.8) is 0 Å². The predicted molar refractivity (Wildman–Crippen MR) is 43.9 cm³/mol. The Hall–Kier alpha value is -0.970. The van der Waals surface area contributed by atoms with E-state index in [1.165, 1.54) is 0 Å². The molecule has 0 spiro atoms. The quantitative estimate of drug-likeness (QED) is 0.368. The van der Waals surface area contributed by atoms with Gasteiger partial charge in [-0.3, -0.25) is 14.9 Å². The molecule has 1 aliphatic rings. The van der Waals surface area contributed by atoms with Crippen LogP contribution in [0.1, 0.15) is 32.1 Å². The molecule has 1 aliphatic carbocycles. The highest BCUT2D eigenvalue weighted by Gasteiger charge is 2.29. The Morgan fingerprint density at radius 3 is 2.58 bits per heavy atom. The van der Waals surface area contributed by atoms with Crippen molar-refractivity contribution in [1.29, 1.82) is 0 Å². The number of carbonyl (C=O) groups excluding carboxylic acids is 1. The molecule has 3 N–H and O–H groups in total. The van der Waals surface area contributed by atoms with Crippen molar-refractivity contribution in [2.75, 3.05) is 0 Å². The number of ketones is 1. The van der Waals surface area contributed by atoms with Crippen LogP contribution in [0.15, 0.2) is 0 Å². The van der Waals surface area contributed by atoms with Gasteiger partial charge in [0.1, 0.15) is 0 Å². The zero-order valence-corrected chi connectivity index (χ0v) is 6.99. The van der Waals surface area contributed by atoms with Gasteiger partial charge in [0.05, 0.1) is 0 Å².